The van der Waals surface area contributed by atoms with Gasteiger partial charge in [0.05, 0.1) is 0 Å². The Kier molecular flexibility index (Phi) is 3.01. The van der Waals surface area contributed by atoms with Crippen molar-refractivity contribution in [3.63, 3.8) is 0 Å². The summed E-state index contributed by atoms with van der Waals surface area (Å²) >= 11 is 3.67. The summed E-state index contributed by atoms with van der Waals surface area (Å²) < 4.78 is 12.0. The van der Waals surface area contributed by atoms with Gasteiger partial charge in [-0.2, -0.15) is 0 Å². The van der Waals surface area contributed by atoms with Crippen LogP contribution < -0.4 is 4.46 Å². The maximum atomic E-state index is 11.2. The first-order valence-electron chi connectivity index (χ1n) is 3.03. The van der Waals surface area contributed by atoms with Crippen LogP contribution >= 0.6 is 11.6 Å². The number of rotatable bonds is 2. The van der Waals surface area contributed by atoms with Crippen molar-refractivity contribution in [1.29, 1.82) is 0 Å². The minimum atomic E-state index is -1.98. The topological polar surface area (TPSA) is 17.1 Å². The summed E-state index contributed by atoms with van der Waals surface area (Å²) in [6.45, 7) is 3.47. The Morgan fingerprint density at radius 3 is 2.36 bits per heavy atom. The van der Waals surface area contributed by atoms with Crippen LogP contribution in [-0.2, 0) is 3.83 Å². The Morgan fingerprint density at radius 2 is 1.91 bits per heavy atom. The Labute approximate surface area is 74.8 Å². The molecule has 1 atom stereocenters. The minimum absolute atomic E-state index is 0.664. The molecular formula is C8H7ClOSe. The molecule has 1 aromatic carbocycles. The van der Waals surface area contributed by atoms with Crippen LogP contribution in [-0.4, -0.2) is 13.8 Å². The van der Waals surface area contributed by atoms with E-state index in [1.165, 1.54) is 4.97 Å². The van der Waals surface area contributed by atoms with Gasteiger partial charge in [0.15, 0.2) is 0 Å². The average molecular weight is 234 g/mol. The summed E-state index contributed by atoms with van der Waals surface area (Å²) in [6, 6.07) is 6.99. The number of halogens is 1. The molecule has 0 bridgehead atoms. The first-order chi connectivity index (χ1) is 5.24. The first kappa shape index (κ1) is 8.66. The molecule has 0 aliphatic carbocycles. The molecule has 0 aliphatic heterocycles. The van der Waals surface area contributed by atoms with Crippen LogP contribution in [0.15, 0.2) is 35.8 Å². The quantitative estimate of drug-likeness (QED) is 0.711. The van der Waals surface area contributed by atoms with E-state index < -0.39 is 13.8 Å². The molecule has 0 N–H and O–H groups in total. The molecular weight excluding hydrogens is 226 g/mol. The Bertz CT molecular complexity index is 279. The third-order valence-electron chi connectivity index (χ3n) is 1.20. The standard InChI is InChI=1S/C8H7ClOSe/c1-2-11(10)8-5-3-7(9)4-6-8/h2-6H,1H2. The van der Waals surface area contributed by atoms with Crippen molar-refractivity contribution < 1.29 is 3.83 Å². The van der Waals surface area contributed by atoms with Gasteiger partial charge in [-0.05, 0) is 0 Å². The second-order valence-corrected chi connectivity index (χ2v) is 5.29. The van der Waals surface area contributed by atoms with Crippen LogP contribution in [0.3, 0.4) is 0 Å². The maximum absolute atomic E-state index is 11.2. The van der Waals surface area contributed by atoms with E-state index in [-0.39, 0.29) is 0 Å². The third kappa shape index (κ3) is 2.26. The zero-order chi connectivity index (χ0) is 8.27. The van der Waals surface area contributed by atoms with Crippen molar-refractivity contribution in [3.05, 3.63) is 40.8 Å². The fourth-order valence-corrected chi connectivity index (χ4v) is 2.04. The molecule has 0 aromatic heterocycles. The van der Waals surface area contributed by atoms with Crippen molar-refractivity contribution in [2.45, 2.75) is 0 Å². The van der Waals surface area contributed by atoms with Gasteiger partial charge in [-0.15, -0.1) is 0 Å². The summed E-state index contributed by atoms with van der Waals surface area (Å²) in [6.07, 6.45) is 0. The Morgan fingerprint density at radius 1 is 1.36 bits per heavy atom. The fourth-order valence-electron chi connectivity index (χ4n) is 0.665. The van der Waals surface area contributed by atoms with Gasteiger partial charge < -0.3 is 0 Å². The molecule has 11 heavy (non-hydrogen) atoms. The molecule has 58 valence electrons. The van der Waals surface area contributed by atoms with Crippen molar-refractivity contribution in [3.8, 4) is 0 Å². The molecule has 1 unspecified atom stereocenters. The molecule has 1 nitrogen and oxygen atoms in total. The first-order valence-corrected chi connectivity index (χ1v) is 5.95. The van der Waals surface area contributed by atoms with E-state index in [1.54, 1.807) is 24.3 Å². The van der Waals surface area contributed by atoms with E-state index in [2.05, 4.69) is 6.58 Å². The summed E-state index contributed by atoms with van der Waals surface area (Å²) in [4.78, 5) is 1.49. The van der Waals surface area contributed by atoms with E-state index in [0.717, 1.165) is 4.46 Å². The van der Waals surface area contributed by atoms with Crippen molar-refractivity contribution in [1.82, 2.24) is 0 Å². The molecule has 0 amide bonds. The van der Waals surface area contributed by atoms with Crippen LogP contribution in [0, 0.1) is 0 Å². The van der Waals surface area contributed by atoms with Crippen LogP contribution in [0.5, 0.6) is 0 Å². The summed E-state index contributed by atoms with van der Waals surface area (Å²) in [5.74, 6) is 0. The van der Waals surface area contributed by atoms with Gasteiger partial charge in [-0.1, -0.05) is 0 Å². The van der Waals surface area contributed by atoms with Crippen molar-refractivity contribution >= 4 is 29.9 Å². The number of benzene rings is 1. The summed E-state index contributed by atoms with van der Waals surface area (Å²) in [5.41, 5.74) is 0. The van der Waals surface area contributed by atoms with Gasteiger partial charge in [0.1, 0.15) is 0 Å². The monoisotopic (exact) mass is 234 g/mol. The third-order valence-corrected chi connectivity index (χ3v) is 3.63. The zero-order valence-electron chi connectivity index (χ0n) is 5.79. The molecule has 0 saturated heterocycles. The van der Waals surface area contributed by atoms with Crippen LogP contribution in [0.25, 0.3) is 0 Å². The summed E-state index contributed by atoms with van der Waals surface area (Å²) in [7, 11) is 0. The van der Waals surface area contributed by atoms with E-state index in [1.807, 2.05) is 0 Å². The number of hydrogen-bond acceptors (Lipinski definition) is 1. The van der Waals surface area contributed by atoms with Gasteiger partial charge in [0.25, 0.3) is 0 Å². The number of hydrogen-bond donors (Lipinski definition) is 0. The van der Waals surface area contributed by atoms with E-state index in [0.29, 0.717) is 5.02 Å². The normalized spacial score (nSPS) is 12.5. The van der Waals surface area contributed by atoms with Crippen LogP contribution in [0.1, 0.15) is 0 Å². The molecule has 0 heterocycles. The SMILES string of the molecule is C=C[Se](=O)c1ccc(Cl)cc1. The molecule has 3 heteroatoms. The van der Waals surface area contributed by atoms with Crippen molar-refractivity contribution in [2.24, 2.45) is 0 Å². The predicted molar refractivity (Wildman–Crippen MR) is 47.7 cm³/mol. The van der Waals surface area contributed by atoms with Gasteiger partial charge in [-0.3, -0.25) is 0 Å². The van der Waals surface area contributed by atoms with E-state index >= 15 is 0 Å². The fraction of sp³-hybridized carbons (Fsp3) is 0. The van der Waals surface area contributed by atoms with E-state index in [9.17, 15) is 3.83 Å². The molecule has 1 rings (SSSR count). The predicted octanol–water partition coefficient (Wildman–Crippen LogP) is 1.69. The molecule has 0 spiro atoms. The summed E-state index contributed by atoms with van der Waals surface area (Å²) in [5, 5.41) is 0.664. The average Bonchev–Trinajstić information content (AvgIpc) is 2.05. The van der Waals surface area contributed by atoms with E-state index in [4.69, 9.17) is 11.6 Å². The zero-order valence-corrected chi connectivity index (χ0v) is 8.26. The second-order valence-electron chi connectivity index (χ2n) is 1.92. The Hall–Kier alpha value is -0.431. The van der Waals surface area contributed by atoms with Gasteiger partial charge in [0.2, 0.25) is 0 Å². The van der Waals surface area contributed by atoms with Crippen LogP contribution in [0.4, 0.5) is 0 Å². The molecule has 1 aromatic rings. The molecule has 0 fully saturated rings. The van der Waals surface area contributed by atoms with Crippen molar-refractivity contribution in [2.75, 3.05) is 0 Å². The van der Waals surface area contributed by atoms with Gasteiger partial charge in [-0.25, -0.2) is 0 Å². The van der Waals surface area contributed by atoms with Crippen LogP contribution in [0.2, 0.25) is 5.02 Å². The molecule has 0 saturated carbocycles. The van der Waals surface area contributed by atoms with Gasteiger partial charge in [0, 0.05) is 0 Å². The molecule has 0 radical (unpaired) electrons. The second kappa shape index (κ2) is 3.82. The molecule has 0 aliphatic rings. The Balaban J connectivity index is 2.98. The van der Waals surface area contributed by atoms with Gasteiger partial charge >= 0.3 is 74.6 Å².